The zero-order valence-corrected chi connectivity index (χ0v) is 16.9. The largest absolute Gasteiger partial charge is 0.379 e. The molecule has 144 valence electrons. The molecule has 0 amide bonds. The van der Waals surface area contributed by atoms with Gasteiger partial charge in [0.1, 0.15) is 0 Å². The van der Waals surface area contributed by atoms with Crippen LogP contribution in [0.3, 0.4) is 0 Å². The summed E-state index contributed by atoms with van der Waals surface area (Å²) in [5.41, 5.74) is 0. The average Bonchev–Trinajstić information content (AvgIpc) is 2.59. The van der Waals surface area contributed by atoms with Crippen LogP contribution in [0.15, 0.2) is 4.99 Å². The minimum absolute atomic E-state index is 0.657. The van der Waals surface area contributed by atoms with Crippen LogP contribution in [0.25, 0.3) is 0 Å². The molecule has 0 saturated heterocycles. The first-order chi connectivity index (χ1) is 11.7. The Morgan fingerprint density at radius 2 is 1.21 bits per heavy atom. The van der Waals surface area contributed by atoms with E-state index in [0.29, 0.717) is 26.4 Å². The summed E-state index contributed by atoms with van der Waals surface area (Å²) in [7, 11) is 4.28. The van der Waals surface area contributed by atoms with Gasteiger partial charge in [-0.15, -0.1) is 0 Å². The van der Waals surface area contributed by atoms with Crippen LogP contribution in [0.1, 0.15) is 59.3 Å². The Hall–Kier alpha value is -0.810. The van der Waals surface area contributed by atoms with Gasteiger partial charge in [-0.05, 0) is 19.3 Å². The number of unbranched alkanes of at least 4 members (excludes halogenated alkanes) is 3. The molecule has 0 aliphatic heterocycles. The number of nitrogens with zero attached hydrogens (tertiary/aromatic N) is 3. The zero-order chi connectivity index (χ0) is 18.0. The first kappa shape index (κ1) is 23.2. The second kappa shape index (κ2) is 17.0. The van der Waals surface area contributed by atoms with Crippen molar-refractivity contribution in [1.82, 2.24) is 9.80 Å². The molecule has 0 radical (unpaired) electrons. The standard InChI is InChI=1S/C19H41N3O2/c1-6-9-13-21(4)19(22(5)14-10-7-2)20-12-16-24-18-17-23-15-11-8-3/h6-18H2,1-5H3. The lowest BCUT2D eigenvalue weighted by atomic mass is 10.3. The molecule has 0 aromatic carbocycles. The molecule has 0 aromatic heterocycles. The third kappa shape index (κ3) is 12.6. The number of rotatable bonds is 15. The molecule has 5 nitrogen and oxygen atoms in total. The van der Waals surface area contributed by atoms with Crippen molar-refractivity contribution in [2.75, 3.05) is 60.2 Å². The maximum atomic E-state index is 5.62. The summed E-state index contributed by atoms with van der Waals surface area (Å²) in [4.78, 5) is 9.32. The van der Waals surface area contributed by atoms with Crippen molar-refractivity contribution < 1.29 is 9.47 Å². The van der Waals surface area contributed by atoms with Gasteiger partial charge in [-0.25, -0.2) is 0 Å². The minimum atomic E-state index is 0.657. The highest BCUT2D eigenvalue weighted by atomic mass is 16.5. The smallest absolute Gasteiger partial charge is 0.196 e. The van der Waals surface area contributed by atoms with Crippen LogP contribution in [0, 0.1) is 0 Å². The maximum absolute atomic E-state index is 5.62. The van der Waals surface area contributed by atoms with Gasteiger partial charge in [0.05, 0.1) is 26.4 Å². The van der Waals surface area contributed by atoms with Crippen molar-refractivity contribution in [2.24, 2.45) is 4.99 Å². The number of ether oxygens (including phenoxy) is 2. The third-order valence-corrected chi connectivity index (χ3v) is 3.88. The number of guanidine groups is 1. The summed E-state index contributed by atoms with van der Waals surface area (Å²) in [6, 6.07) is 0. The van der Waals surface area contributed by atoms with Gasteiger partial charge in [0.2, 0.25) is 0 Å². The molecular formula is C19H41N3O2. The Kier molecular flexibility index (Phi) is 16.5. The molecule has 0 unspecified atom stereocenters. The van der Waals surface area contributed by atoms with Crippen molar-refractivity contribution in [1.29, 1.82) is 0 Å². The van der Waals surface area contributed by atoms with Crippen LogP contribution in [-0.2, 0) is 9.47 Å². The Morgan fingerprint density at radius 3 is 1.71 bits per heavy atom. The van der Waals surface area contributed by atoms with Gasteiger partial charge in [-0.2, -0.15) is 0 Å². The monoisotopic (exact) mass is 343 g/mol. The molecule has 0 heterocycles. The van der Waals surface area contributed by atoms with Crippen molar-refractivity contribution in [3.63, 3.8) is 0 Å². The van der Waals surface area contributed by atoms with E-state index < -0.39 is 0 Å². The van der Waals surface area contributed by atoms with Gasteiger partial charge in [0.15, 0.2) is 5.96 Å². The average molecular weight is 344 g/mol. The molecule has 0 fully saturated rings. The van der Waals surface area contributed by atoms with Crippen molar-refractivity contribution in [3.05, 3.63) is 0 Å². The Labute approximate surface area is 150 Å². The quantitative estimate of drug-likeness (QED) is 0.258. The van der Waals surface area contributed by atoms with Crippen LogP contribution in [0.2, 0.25) is 0 Å². The van der Waals surface area contributed by atoms with E-state index in [1.807, 2.05) is 0 Å². The third-order valence-electron chi connectivity index (χ3n) is 3.88. The van der Waals surface area contributed by atoms with Crippen molar-refractivity contribution in [2.45, 2.75) is 59.3 Å². The van der Waals surface area contributed by atoms with E-state index in [0.717, 1.165) is 32.1 Å². The van der Waals surface area contributed by atoms with Crippen LogP contribution in [0.5, 0.6) is 0 Å². The summed E-state index contributed by atoms with van der Waals surface area (Å²) in [5, 5.41) is 0. The summed E-state index contributed by atoms with van der Waals surface area (Å²) in [5.74, 6) is 1.08. The van der Waals surface area contributed by atoms with Crippen molar-refractivity contribution >= 4 is 5.96 Å². The second-order valence-corrected chi connectivity index (χ2v) is 6.31. The molecule has 24 heavy (non-hydrogen) atoms. The second-order valence-electron chi connectivity index (χ2n) is 6.31. The molecule has 0 spiro atoms. The summed E-state index contributed by atoms with van der Waals surface area (Å²) in [6.45, 7) is 12.3. The van der Waals surface area contributed by atoms with E-state index in [9.17, 15) is 0 Å². The van der Waals surface area contributed by atoms with Gasteiger partial charge in [-0.1, -0.05) is 40.0 Å². The summed E-state index contributed by atoms with van der Waals surface area (Å²) in [6.07, 6.45) is 7.11. The van der Waals surface area contributed by atoms with E-state index >= 15 is 0 Å². The Bertz CT molecular complexity index is 282. The Balaban J connectivity index is 4.13. The fraction of sp³-hybridized carbons (Fsp3) is 0.947. The molecule has 0 aliphatic rings. The predicted molar refractivity (Wildman–Crippen MR) is 104 cm³/mol. The summed E-state index contributed by atoms with van der Waals surface area (Å²) < 4.78 is 11.1. The normalized spacial score (nSPS) is 10.7. The summed E-state index contributed by atoms with van der Waals surface area (Å²) >= 11 is 0. The topological polar surface area (TPSA) is 37.3 Å². The van der Waals surface area contributed by atoms with E-state index in [1.54, 1.807) is 0 Å². The molecule has 0 bridgehead atoms. The zero-order valence-electron chi connectivity index (χ0n) is 16.9. The van der Waals surface area contributed by atoms with Crippen LogP contribution >= 0.6 is 0 Å². The number of hydrogen-bond acceptors (Lipinski definition) is 3. The fourth-order valence-corrected chi connectivity index (χ4v) is 2.30. The van der Waals surface area contributed by atoms with E-state index in [1.165, 1.54) is 32.1 Å². The molecule has 0 rings (SSSR count). The molecule has 0 atom stereocenters. The van der Waals surface area contributed by atoms with E-state index in [-0.39, 0.29) is 0 Å². The lowest BCUT2D eigenvalue weighted by molar-refractivity contribution is 0.0496. The maximum Gasteiger partial charge on any atom is 0.196 e. The fourth-order valence-electron chi connectivity index (χ4n) is 2.30. The van der Waals surface area contributed by atoms with Gasteiger partial charge in [-0.3, -0.25) is 4.99 Å². The molecule has 5 heteroatoms. The highest BCUT2D eigenvalue weighted by Crippen LogP contribution is 2.01. The lowest BCUT2D eigenvalue weighted by Gasteiger charge is -2.29. The molecule has 0 aliphatic carbocycles. The van der Waals surface area contributed by atoms with Gasteiger partial charge >= 0.3 is 0 Å². The van der Waals surface area contributed by atoms with Crippen LogP contribution in [0.4, 0.5) is 0 Å². The minimum Gasteiger partial charge on any atom is -0.379 e. The van der Waals surface area contributed by atoms with Crippen LogP contribution in [-0.4, -0.2) is 75.9 Å². The molecule has 0 aromatic rings. The lowest BCUT2D eigenvalue weighted by Crippen LogP contribution is -2.41. The van der Waals surface area contributed by atoms with Gasteiger partial charge in [0, 0.05) is 33.8 Å². The number of aliphatic imine (C=N–C) groups is 1. The van der Waals surface area contributed by atoms with E-state index in [2.05, 4.69) is 44.7 Å². The predicted octanol–water partition coefficient (Wildman–Crippen LogP) is 3.64. The SMILES string of the molecule is CCCCOCCOCCN=C(N(C)CCCC)N(C)CCCC. The van der Waals surface area contributed by atoms with E-state index in [4.69, 9.17) is 14.5 Å². The highest BCUT2D eigenvalue weighted by molar-refractivity contribution is 5.79. The van der Waals surface area contributed by atoms with Crippen LogP contribution < -0.4 is 0 Å². The van der Waals surface area contributed by atoms with Gasteiger partial charge in [0.25, 0.3) is 0 Å². The highest BCUT2D eigenvalue weighted by Gasteiger charge is 2.11. The molecule has 0 saturated carbocycles. The first-order valence-corrected chi connectivity index (χ1v) is 9.79. The van der Waals surface area contributed by atoms with Gasteiger partial charge < -0.3 is 19.3 Å². The Morgan fingerprint density at radius 1 is 0.708 bits per heavy atom. The van der Waals surface area contributed by atoms with Crippen molar-refractivity contribution in [3.8, 4) is 0 Å². The molecular weight excluding hydrogens is 302 g/mol. The molecule has 0 N–H and O–H groups in total. The first-order valence-electron chi connectivity index (χ1n) is 9.79. The number of hydrogen-bond donors (Lipinski definition) is 0.